The molecule has 0 heterocycles. The predicted molar refractivity (Wildman–Crippen MR) is 117 cm³/mol. The topological polar surface area (TPSA) is 30.5 Å². The van der Waals surface area contributed by atoms with Crippen LogP contribution in [0.5, 0.6) is 11.5 Å². The average Bonchev–Trinajstić information content (AvgIpc) is 2.69. The molecule has 1 fully saturated rings. The van der Waals surface area contributed by atoms with Crippen molar-refractivity contribution in [2.45, 2.75) is 58.2 Å². The second-order valence-corrected chi connectivity index (χ2v) is 8.31. The fourth-order valence-corrected chi connectivity index (χ4v) is 4.09. The van der Waals surface area contributed by atoms with Crippen molar-refractivity contribution in [3.63, 3.8) is 0 Å². The molecule has 0 amide bonds. The van der Waals surface area contributed by atoms with E-state index in [9.17, 15) is 0 Å². The molecular weight excluding hydrogens is 417 g/mol. The van der Waals surface area contributed by atoms with Crippen molar-refractivity contribution in [1.29, 1.82) is 0 Å². The van der Waals surface area contributed by atoms with Gasteiger partial charge in [0, 0.05) is 12.6 Å². The monoisotopic (exact) mass is 441 g/mol. The van der Waals surface area contributed by atoms with Gasteiger partial charge in [-0.15, -0.1) is 0 Å². The second-order valence-electron chi connectivity index (χ2n) is 7.09. The Labute approximate surface area is 182 Å². The Morgan fingerprint density at radius 2 is 1.64 bits per heavy atom. The van der Waals surface area contributed by atoms with E-state index in [1.165, 1.54) is 32.1 Å². The van der Waals surface area contributed by atoms with Crippen LogP contribution in [0.3, 0.4) is 0 Å². The first-order chi connectivity index (χ1) is 13.6. The standard InChI is InChI=1S/C22H26Cl3NO2/c1-2-27-21-12-16(13-26-17-6-4-3-5-7-17)11-20(25)22(21)28-14-15-8-9-18(23)19(24)10-15/h8-12,17,26H,2-7,13-14H2,1H3. The number of ether oxygens (including phenoxy) is 2. The third kappa shape index (κ3) is 5.93. The molecule has 3 rings (SSSR count). The van der Waals surface area contributed by atoms with Crippen LogP contribution in [0.2, 0.25) is 15.1 Å². The summed E-state index contributed by atoms with van der Waals surface area (Å²) in [5, 5.41) is 5.21. The average molecular weight is 443 g/mol. The zero-order valence-electron chi connectivity index (χ0n) is 16.1. The van der Waals surface area contributed by atoms with E-state index in [0.717, 1.165) is 17.7 Å². The van der Waals surface area contributed by atoms with E-state index < -0.39 is 0 Å². The van der Waals surface area contributed by atoms with Gasteiger partial charge in [0.15, 0.2) is 11.5 Å². The van der Waals surface area contributed by atoms with E-state index in [1.807, 2.05) is 25.1 Å². The summed E-state index contributed by atoms with van der Waals surface area (Å²) in [7, 11) is 0. The van der Waals surface area contributed by atoms with Gasteiger partial charge in [0.1, 0.15) is 6.61 Å². The second kappa shape index (κ2) is 10.6. The summed E-state index contributed by atoms with van der Waals surface area (Å²) in [6.45, 7) is 3.59. The summed E-state index contributed by atoms with van der Waals surface area (Å²) in [6, 6.07) is 9.98. The molecular formula is C22H26Cl3NO2. The van der Waals surface area contributed by atoms with Crippen molar-refractivity contribution in [3.8, 4) is 11.5 Å². The molecule has 28 heavy (non-hydrogen) atoms. The highest BCUT2D eigenvalue weighted by Gasteiger charge is 2.16. The van der Waals surface area contributed by atoms with Crippen LogP contribution >= 0.6 is 34.8 Å². The van der Waals surface area contributed by atoms with E-state index in [4.69, 9.17) is 44.3 Å². The first kappa shape index (κ1) is 21.6. The Morgan fingerprint density at radius 1 is 0.893 bits per heavy atom. The van der Waals surface area contributed by atoms with Crippen LogP contribution in [-0.2, 0) is 13.2 Å². The quantitative estimate of drug-likeness (QED) is 0.475. The Bertz CT molecular complexity index is 792. The molecule has 152 valence electrons. The van der Waals surface area contributed by atoms with Crippen LogP contribution < -0.4 is 14.8 Å². The van der Waals surface area contributed by atoms with Crippen LogP contribution in [-0.4, -0.2) is 12.6 Å². The molecule has 0 spiro atoms. The highest BCUT2D eigenvalue weighted by molar-refractivity contribution is 6.42. The molecule has 0 atom stereocenters. The zero-order valence-corrected chi connectivity index (χ0v) is 18.3. The summed E-state index contributed by atoms with van der Waals surface area (Å²) >= 11 is 18.6. The molecule has 1 N–H and O–H groups in total. The van der Waals surface area contributed by atoms with Gasteiger partial charge in [-0.1, -0.05) is 60.1 Å². The lowest BCUT2D eigenvalue weighted by molar-refractivity contribution is 0.269. The molecule has 2 aromatic rings. The molecule has 0 saturated heterocycles. The van der Waals surface area contributed by atoms with Crippen LogP contribution in [0.15, 0.2) is 30.3 Å². The lowest BCUT2D eigenvalue weighted by Crippen LogP contribution is -2.30. The van der Waals surface area contributed by atoms with Crippen molar-refractivity contribution >= 4 is 34.8 Å². The lowest BCUT2D eigenvalue weighted by Gasteiger charge is -2.23. The fourth-order valence-electron chi connectivity index (χ4n) is 3.48. The molecule has 0 aromatic heterocycles. The van der Waals surface area contributed by atoms with Gasteiger partial charge in [0.25, 0.3) is 0 Å². The predicted octanol–water partition coefficient (Wildman–Crippen LogP) is 7.05. The van der Waals surface area contributed by atoms with E-state index in [1.54, 1.807) is 12.1 Å². The number of halogens is 3. The van der Waals surface area contributed by atoms with Crippen LogP contribution in [0.25, 0.3) is 0 Å². The van der Waals surface area contributed by atoms with E-state index >= 15 is 0 Å². The minimum atomic E-state index is 0.330. The van der Waals surface area contributed by atoms with Crippen molar-refractivity contribution in [2.24, 2.45) is 0 Å². The van der Waals surface area contributed by atoms with Crippen LogP contribution in [0.4, 0.5) is 0 Å². The summed E-state index contributed by atoms with van der Waals surface area (Å²) in [6.07, 6.45) is 6.46. The SMILES string of the molecule is CCOc1cc(CNC2CCCCC2)cc(Cl)c1OCc1ccc(Cl)c(Cl)c1. The number of hydrogen-bond acceptors (Lipinski definition) is 3. The Kier molecular flexibility index (Phi) is 8.16. The van der Waals surface area contributed by atoms with Gasteiger partial charge >= 0.3 is 0 Å². The molecule has 1 saturated carbocycles. The Balaban J connectivity index is 1.69. The Morgan fingerprint density at radius 3 is 2.36 bits per heavy atom. The Hall–Kier alpha value is -1.13. The molecule has 2 aromatic carbocycles. The van der Waals surface area contributed by atoms with Gasteiger partial charge in [-0.25, -0.2) is 0 Å². The molecule has 1 aliphatic rings. The van der Waals surface area contributed by atoms with Gasteiger partial charge in [0.05, 0.1) is 21.7 Å². The largest absolute Gasteiger partial charge is 0.490 e. The minimum absolute atomic E-state index is 0.330. The zero-order chi connectivity index (χ0) is 19.9. The van der Waals surface area contributed by atoms with Gasteiger partial charge < -0.3 is 14.8 Å². The number of rotatable bonds is 8. The normalized spacial score (nSPS) is 14.9. The molecule has 3 nitrogen and oxygen atoms in total. The smallest absolute Gasteiger partial charge is 0.180 e. The maximum atomic E-state index is 6.53. The van der Waals surface area contributed by atoms with Crippen molar-refractivity contribution in [3.05, 3.63) is 56.5 Å². The maximum absolute atomic E-state index is 6.53. The summed E-state index contributed by atoms with van der Waals surface area (Å²) in [5.41, 5.74) is 2.01. The first-order valence-corrected chi connectivity index (χ1v) is 11.0. The van der Waals surface area contributed by atoms with Crippen molar-refractivity contribution < 1.29 is 9.47 Å². The fraction of sp³-hybridized carbons (Fsp3) is 0.455. The third-order valence-corrected chi connectivity index (χ3v) is 5.96. The molecule has 0 radical (unpaired) electrons. The molecule has 6 heteroatoms. The minimum Gasteiger partial charge on any atom is -0.490 e. The molecule has 0 aliphatic heterocycles. The number of nitrogens with one attached hydrogen (secondary N) is 1. The summed E-state index contributed by atoms with van der Waals surface area (Å²) in [4.78, 5) is 0. The van der Waals surface area contributed by atoms with Gasteiger partial charge in [-0.3, -0.25) is 0 Å². The van der Waals surface area contributed by atoms with Crippen molar-refractivity contribution in [2.75, 3.05) is 6.61 Å². The van der Waals surface area contributed by atoms with Crippen molar-refractivity contribution in [1.82, 2.24) is 5.32 Å². The first-order valence-electron chi connectivity index (χ1n) is 9.82. The number of hydrogen-bond donors (Lipinski definition) is 1. The summed E-state index contributed by atoms with van der Waals surface area (Å²) < 4.78 is 11.8. The lowest BCUT2D eigenvalue weighted by atomic mass is 9.95. The van der Waals surface area contributed by atoms with Crippen LogP contribution in [0, 0.1) is 0 Å². The van der Waals surface area contributed by atoms with Gasteiger partial charge in [-0.05, 0) is 55.2 Å². The van der Waals surface area contributed by atoms with E-state index in [-0.39, 0.29) is 0 Å². The van der Waals surface area contributed by atoms with E-state index in [2.05, 4.69) is 5.32 Å². The highest BCUT2D eigenvalue weighted by atomic mass is 35.5. The van der Waals surface area contributed by atoms with E-state index in [0.29, 0.717) is 45.8 Å². The maximum Gasteiger partial charge on any atom is 0.180 e. The molecule has 0 bridgehead atoms. The summed E-state index contributed by atoms with van der Waals surface area (Å²) in [5.74, 6) is 1.21. The third-order valence-electron chi connectivity index (χ3n) is 4.94. The highest BCUT2D eigenvalue weighted by Crippen LogP contribution is 2.37. The van der Waals surface area contributed by atoms with Crippen LogP contribution in [0.1, 0.15) is 50.2 Å². The van der Waals surface area contributed by atoms with Gasteiger partial charge in [0.2, 0.25) is 0 Å². The number of benzene rings is 2. The van der Waals surface area contributed by atoms with Gasteiger partial charge in [-0.2, -0.15) is 0 Å². The molecule has 1 aliphatic carbocycles. The molecule has 0 unspecified atom stereocenters.